The van der Waals surface area contributed by atoms with Gasteiger partial charge in [-0.15, -0.1) is 12.4 Å². The summed E-state index contributed by atoms with van der Waals surface area (Å²) in [6.45, 7) is 3.64. The zero-order valence-electron chi connectivity index (χ0n) is 14.3. The molecule has 2 heterocycles. The first-order valence-electron chi connectivity index (χ1n) is 8.49. The highest BCUT2D eigenvalue weighted by Crippen LogP contribution is 2.42. The van der Waals surface area contributed by atoms with Crippen LogP contribution in [0.1, 0.15) is 5.56 Å². The normalized spacial score (nSPS) is 16.6. The Morgan fingerprint density at radius 1 is 1.08 bits per heavy atom. The van der Waals surface area contributed by atoms with E-state index >= 15 is 0 Å². The van der Waals surface area contributed by atoms with Crippen LogP contribution >= 0.6 is 12.4 Å². The fourth-order valence-electron chi connectivity index (χ4n) is 3.34. The van der Waals surface area contributed by atoms with Crippen LogP contribution in [0.4, 0.5) is 15.8 Å². The number of ether oxygens (including phenoxy) is 1. The van der Waals surface area contributed by atoms with Crippen LogP contribution in [0.25, 0.3) is 0 Å². The Morgan fingerprint density at radius 3 is 2.50 bits per heavy atom. The molecule has 138 valence electrons. The van der Waals surface area contributed by atoms with Crippen LogP contribution in [-0.4, -0.2) is 38.7 Å². The van der Waals surface area contributed by atoms with Gasteiger partial charge in [0.1, 0.15) is 5.82 Å². The first-order chi connectivity index (χ1) is 12.2. The first-order valence-corrected chi connectivity index (χ1v) is 8.49. The van der Waals surface area contributed by atoms with E-state index < -0.39 is 0 Å². The molecule has 0 atom stereocenters. The lowest BCUT2D eigenvalue weighted by Crippen LogP contribution is -2.44. The molecule has 26 heavy (non-hydrogen) atoms. The van der Waals surface area contributed by atoms with E-state index in [1.807, 2.05) is 30.3 Å². The van der Waals surface area contributed by atoms with Crippen molar-refractivity contribution in [1.82, 2.24) is 5.32 Å². The summed E-state index contributed by atoms with van der Waals surface area (Å²) in [7, 11) is 0. The third-order valence-electron chi connectivity index (χ3n) is 4.59. The first kappa shape index (κ1) is 18.5. The standard InChI is InChI=1S/C19H20FN3O2.ClH/c20-15-10-16(22-8-6-21-7-9-22)19-17(11-15)23(18(24)13-25-19)12-14-4-2-1-3-5-14;/h1-5,10-11,21H,6-9,12-13H2;1H. The Hall–Kier alpha value is -2.31. The zero-order valence-corrected chi connectivity index (χ0v) is 15.1. The maximum atomic E-state index is 14.3. The van der Waals surface area contributed by atoms with E-state index in [9.17, 15) is 9.18 Å². The van der Waals surface area contributed by atoms with E-state index in [4.69, 9.17) is 4.74 Å². The summed E-state index contributed by atoms with van der Waals surface area (Å²) in [5, 5.41) is 3.29. The molecule has 7 heteroatoms. The smallest absolute Gasteiger partial charge is 0.265 e. The van der Waals surface area contributed by atoms with Crippen molar-refractivity contribution < 1.29 is 13.9 Å². The average molecular weight is 378 g/mol. The topological polar surface area (TPSA) is 44.8 Å². The van der Waals surface area contributed by atoms with E-state index in [0.29, 0.717) is 18.0 Å². The Balaban J connectivity index is 0.00000196. The van der Waals surface area contributed by atoms with Crippen molar-refractivity contribution in [2.24, 2.45) is 0 Å². The van der Waals surface area contributed by atoms with E-state index in [2.05, 4.69) is 10.2 Å². The van der Waals surface area contributed by atoms with Gasteiger partial charge in [0.05, 0.1) is 17.9 Å². The summed E-state index contributed by atoms with van der Waals surface area (Å²) in [6, 6.07) is 12.6. The van der Waals surface area contributed by atoms with Gasteiger partial charge in [0.2, 0.25) is 0 Å². The van der Waals surface area contributed by atoms with Gasteiger partial charge in [-0.25, -0.2) is 4.39 Å². The number of piperazine rings is 1. The SMILES string of the molecule is Cl.O=C1COc2c(N3CCNCC3)cc(F)cc2N1Cc1ccccc1. The highest BCUT2D eigenvalue weighted by molar-refractivity contribution is 5.99. The Bertz CT molecular complexity index is 782. The summed E-state index contributed by atoms with van der Waals surface area (Å²) in [4.78, 5) is 16.1. The monoisotopic (exact) mass is 377 g/mol. The van der Waals surface area contributed by atoms with Crippen molar-refractivity contribution in [1.29, 1.82) is 0 Å². The Kier molecular flexibility index (Phi) is 5.64. The van der Waals surface area contributed by atoms with Crippen LogP contribution in [0, 0.1) is 5.82 Å². The third-order valence-corrected chi connectivity index (χ3v) is 4.59. The maximum absolute atomic E-state index is 14.3. The zero-order chi connectivity index (χ0) is 17.2. The minimum atomic E-state index is -0.358. The average Bonchev–Trinajstić information content (AvgIpc) is 2.65. The van der Waals surface area contributed by atoms with Crippen molar-refractivity contribution in [3.05, 3.63) is 53.8 Å². The van der Waals surface area contributed by atoms with E-state index in [0.717, 1.165) is 37.4 Å². The van der Waals surface area contributed by atoms with Crippen molar-refractivity contribution in [2.75, 3.05) is 42.6 Å². The molecule has 0 spiro atoms. The molecule has 2 aliphatic heterocycles. The van der Waals surface area contributed by atoms with Crippen LogP contribution in [0.5, 0.6) is 5.75 Å². The molecule has 0 bridgehead atoms. The molecule has 0 saturated carbocycles. The van der Waals surface area contributed by atoms with E-state index in [-0.39, 0.29) is 30.7 Å². The number of amides is 1. The number of hydrogen-bond donors (Lipinski definition) is 1. The molecule has 5 nitrogen and oxygen atoms in total. The predicted molar refractivity (Wildman–Crippen MR) is 102 cm³/mol. The van der Waals surface area contributed by atoms with Gasteiger partial charge in [0.25, 0.3) is 5.91 Å². The third kappa shape index (κ3) is 3.61. The largest absolute Gasteiger partial charge is 0.479 e. The van der Waals surface area contributed by atoms with Gasteiger partial charge >= 0.3 is 0 Å². The van der Waals surface area contributed by atoms with Gasteiger partial charge in [-0.3, -0.25) is 4.79 Å². The molecule has 1 saturated heterocycles. The summed E-state index contributed by atoms with van der Waals surface area (Å²) < 4.78 is 20.0. The maximum Gasteiger partial charge on any atom is 0.265 e. The molecule has 4 rings (SSSR count). The highest BCUT2D eigenvalue weighted by Gasteiger charge is 2.30. The van der Waals surface area contributed by atoms with Crippen LogP contribution < -0.4 is 19.9 Å². The van der Waals surface area contributed by atoms with Gasteiger partial charge in [0, 0.05) is 38.3 Å². The molecule has 2 aromatic rings. The summed E-state index contributed by atoms with van der Waals surface area (Å²) in [5.74, 6) is 0.0793. The molecule has 0 unspecified atom stereocenters. The molecular formula is C19H21ClFN3O2. The molecule has 1 amide bonds. The molecule has 2 aromatic carbocycles. The number of benzene rings is 2. The van der Waals surface area contributed by atoms with Crippen molar-refractivity contribution in [3.8, 4) is 5.75 Å². The van der Waals surface area contributed by atoms with E-state index in [1.165, 1.54) is 12.1 Å². The molecular weight excluding hydrogens is 357 g/mol. The number of halogens is 2. The number of carbonyl (C=O) groups excluding carboxylic acids is 1. The minimum absolute atomic E-state index is 0. The van der Waals surface area contributed by atoms with Gasteiger partial charge in [-0.05, 0) is 5.56 Å². The van der Waals surface area contributed by atoms with Crippen LogP contribution in [-0.2, 0) is 11.3 Å². The second kappa shape index (κ2) is 7.93. The van der Waals surface area contributed by atoms with Gasteiger partial charge in [-0.2, -0.15) is 0 Å². The molecule has 0 aliphatic carbocycles. The molecule has 0 radical (unpaired) electrons. The summed E-state index contributed by atoms with van der Waals surface area (Å²) in [6.07, 6.45) is 0. The lowest BCUT2D eigenvalue weighted by atomic mass is 10.1. The lowest BCUT2D eigenvalue weighted by Gasteiger charge is -2.35. The molecule has 1 N–H and O–H groups in total. The summed E-state index contributed by atoms with van der Waals surface area (Å²) in [5.41, 5.74) is 2.23. The Labute approximate surface area is 158 Å². The Morgan fingerprint density at radius 2 is 1.77 bits per heavy atom. The van der Waals surface area contributed by atoms with Gasteiger partial charge < -0.3 is 19.9 Å². The number of hydrogen-bond acceptors (Lipinski definition) is 4. The minimum Gasteiger partial charge on any atom is -0.479 e. The highest BCUT2D eigenvalue weighted by atomic mass is 35.5. The fraction of sp³-hybridized carbons (Fsp3) is 0.316. The quantitative estimate of drug-likeness (QED) is 0.893. The molecule has 1 fully saturated rings. The number of nitrogens with one attached hydrogen (secondary N) is 1. The number of rotatable bonds is 3. The number of fused-ring (bicyclic) bond motifs is 1. The molecule has 2 aliphatic rings. The predicted octanol–water partition coefficient (Wildman–Crippen LogP) is 2.58. The number of carbonyl (C=O) groups is 1. The molecule has 0 aromatic heterocycles. The van der Waals surface area contributed by atoms with Crippen LogP contribution in [0.2, 0.25) is 0 Å². The van der Waals surface area contributed by atoms with Gasteiger partial charge in [0.15, 0.2) is 12.4 Å². The lowest BCUT2D eigenvalue weighted by molar-refractivity contribution is -0.121. The van der Waals surface area contributed by atoms with Crippen molar-refractivity contribution >= 4 is 29.7 Å². The van der Waals surface area contributed by atoms with Crippen LogP contribution in [0.15, 0.2) is 42.5 Å². The van der Waals surface area contributed by atoms with E-state index in [1.54, 1.807) is 4.90 Å². The second-order valence-corrected chi connectivity index (χ2v) is 6.26. The van der Waals surface area contributed by atoms with Crippen LogP contribution in [0.3, 0.4) is 0 Å². The fourth-order valence-corrected chi connectivity index (χ4v) is 3.34. The second-order valence-electron chi connectivity index (χ2n) is 6.26. The van der Waals surface area contributed by atoms with Crippen molar-refractivity contribution in [3.63, 3.8) is 0 Å². The van der Waals surface area contributed by atoms with Crippen molar-refractivity contribution in [2.45, 2.75) is 6.54 Å². The summed E-state index contributed by atoms with van der Waals surface area (Å²) >= 11 is 0. The van der Waals surface area contributed by atoms with Gasteiger partial charge in [-0.1, -0.05) is 30.3 Å². The number of anilines is 2. The number of nitrogens with zero attached hydrogens (tertiary/aromatic N) is 2.